The maximum atomic E-state index is 12.4. The molecule has 0 aliphatic heterocycles. The van der Waals surface area contributed by atoms with Crippen molar-refractivity contribution < 1.29 is 23.9 Å². The van der Waals surface area contributed by atoms with Gasteiger partial charge in [-0.1, -0.05) is 41.7 Å². The molecule has 1 amide bonds. The first-order chi connectivity index (χ1) is 14.5. The Kier molecular flexibility index (Phi) is 6.92. The Balaban J connectivity index is 2.02. The third-order valence-corrected chi connectivity index (χ3v) is 5.17. The quantitative estimate of drug-likeness (QED) is 0.448. The molecule has 0 saturated heterocycles. The fourth-order valence-electron chi connectivity index (χ4n) is 2.71. The molecule has 30 heavy (non-hydrogen) atoms. The van der Waals surface area contributed by atoms with Crippen LogP contribution in [0.15, 0.2) is 59.6 Å². The summed E-state index contributed by atoms with van der Waals surface area (Å²) in [6, 6.07) is 14.4. The predicted octanol–water partition coefficient (Wildman–Crippen LogP) is 3.19. The molecule has 0 N–H and O–H groups in total. The van der Waals surface area contributed by atoms with Crippen LogP contribution in [0.5, 0.6) is 0 Å². The van der Waals surface area contributed by atoms with Crippen molar-refractivity contribution in [3.63, 3.8) is 0 Å². The average molecular weight is 424 g/mol. The predicted molar refractivity (Wildman–Crippen MR) is 114 cm³/mol. The number of esters is 2. The Labute approximate surface area is 176 Å². The minimum atomic E-state index is -0.474. The van der Waals surface area contributed by atoms with E-state index in [-0.39, 0.29) is 13.2 Å². The molecule has 0 aliphatic carbocycles. The molecule has 1 aromatic heterocycles. The van der Waals surface area contributed by atoms with Gasteiger partial charge in [-0.3, -0.25) is 9.59 Å². The first-order valence-electron chi connectivity index (χ1n) is 9.21. The summed E-state index contributed by atoms with van der Waals surface area (Å²) in [5.74, 6) is -1.37. The number of benzene rings is 2. The number of carbonyl (C=O) groups excluding carboxylic acids is 3. The van der Waals surface area contributed by atoms with Crippen LogP contribution in [-0.2, 0) is 25.6 Å². The van der Waals surface area contributed by atoms with E-state index in [9.17, 15) is 14.4 Å². The lowest BCUT2D eigenvalue weighted by Gasteiger charge is -2.04. The molecule has 7 nitrogen and oxygen atoms in total. The third-order valence-electron chi connectivity index (χ3n) is 4.13. The molecule has 0 radical (unpaired) electrons. The molecule has 0 unspecified atom stereocenters. The van der Waals surface area contributed by atoms with Crippen molar-refractivity contribution in [1.82, 2.24) is 4.57 Å². The first kappa shape index (κ1) is 21.2. The second-order valence-corrected chi connectivity index (χ2v) is 7.15. The summed E-state index contributed by atoms with van der Waals surface area (Å²) in [5, 5.41) is 0. The zero-order chi connectivity index (χ0) is 21.5. The highest BCUT2D eigenvalue weighted by Crippen LogP contribution is 2.20. The van der Waals surface area contributed by atoms with E-state index in [1.165, 1.54) is 24.5 Å². The summed E-state index contributed by atoms with van der Waals surface area (Å²) in [7, 11) is 1.29. The van der Waals surface area contributed by atoms with Crippen LogP contribution < -0.4 is 4.80 Å². The number of hydrogen-bond acceptors (Lipinski definition) is 6. The van der Waals surface area contributed by atoms with Gasteiger partial charge in [0.1, 0.15) is 6.54 Å². The van der Waals surface area contributed by atoms with Gasteiger partial charge in [-0.25, -0.2) is 4.79 Å². The van der Waals surface area contributed by atoms with Gasteiger partial charge in [0.15, 0.2) is 4.80 Å². The van der Waals surface area contributed by atoms with Gasteiger partial charge < -0.3 is 14.0 Å². The third kappa shape index (κ3) is 5.09. The summed E-state index contributed by atoms with van der Waals surface area (Å²) in [6.45, 7) is 1.90. The summed E-state index contributed by atoms with van der Waals surface area (Å²) in [5.41, 5.74) is 1.92. The number of amides is 1. The van der Waals surface area contributed by atoms with E-state index in [1.807, 2.05) is 30.3 Å². The van der Waals surface area contributed by atoms with Gasteiger partial charge in [0, 0.05) is 6.08 Å². The smallest absolute Gasteiger partial charge is 0.338 e. The van der Waals surface area contributed by atoms with Crippen LogP contribution in [0.2, 0.25) is 0 Å². The molecule has 0 aliphatic rings. The van der Waals surface area contributed by atoms with Gasteiger partial charge in [0.25, 0.3) is 5.91 Å². The zero-order valence-corrected chi connectivity index (χ0v) is 17.3. The van der Waals surface area contributed by atoms with Gasteiger partial charge in [0.05, 0.1) is 29.5 Å². The standard InChI is InChI=1S/C22H20N2O5S/c1-3-29-21(27)16-10-11-17-18(13-16)30-22(24(17)14-20(26)28-2)23-19(25)12-9-15-7-5-4-6-8-15/h4-13H,3,14H2,1-2H3. The van der Waals surface area contributed by atoms with E-state index in [0.717, 1.165) is 5.56 Å². The fraction of sp³-hybridized carbons (Fsp3) is 0.182. The van der Waals surface area contributed by atoms with Crippen molar-refractivity contribution in [2.24, 2.45) is 4.99 Å². The molecule has 0 atom stereocenters. The molecule has 3 aromatic rings. The Morgan fingerprint density at radius 1 is 1.13 bits per heavy atom. The lowest BCUT2D eigenvalue weighted by Crippen LogP contribution is -2.22. The second kappa shape index (κ2) is 9.80. The van der Waals surface area contributed by atoms with Gasteiger partial charge >= 0.3 is 11.9 Å². The SMILES string of the molecule is CCOC(=O)c1ccc2c(c1)sc(=NC(=O)C=Cc1ccccc1)n2CC(=O)OC. The van der Waals surface area contributed by atoms with Crippen LogP contribution in [0.3, 0.4) is 0 Å². The van der Waals surface area contributed by atoms with E-state index in [1.54, 1.807) is 35.8 Å². The molecular weight excluding hydrogens is 404 g/mol. The molecule has 0 spiro atoms. The fourth-order valence-corrected chi connectivity index (χ4v) is 3.78. The lowest BCUT2D eigenvalue weighted by atomic mass is 10.2. The molecule has 1 heterocycles. The van der Waals surface area contributed by atoms with Crippen molar-refractivity contribution in [3.05, 3.63) is 70.5 Å². The number of methoxy groups -OCH3 is 1. The molecule has 2 aromatic carbocycles. The second-order valence-electron chi connectivity index (χ2n) is 6.14. The highest BCUT2D eigenvalue weighted by atomic mass is 32.1. The number of carbonyl (C=O) groups is 3. The molecular formula is C22H20N2O5S. The Bertz CT molecular complexity index is 1180. The van der Waals surface area contributed by atoms with Crippen LogP contribution in [0, 0.1) is 0 Å². The zero-order valence-electron chi connectivity index (χ0n) is 16.5. The maximum Gasteiger partial charge on any atom is 0.338 e. The number of nitrogens with zero attached hydrogens (tertiary/aromatic N) is 2. The first-order valence-corrected chi connectivity index (χ1v) is 10.0. The minimum absolute atomic E-state index is 0.107. The minimum Gasteiger partial charge on any atom is -0.468 e. The van der Waals surface area contributed by atoms with Crippen molar-refractivity contribution in [3.8, 4) is 0 Å². The Morgan fingerprint density at radius 2 is 1.90 bits per heavy atom. The van der Waals surface area contributed by atoms with Gasteiger partial charge in [0.2, 0.25) is 0 Å². The molecule has 8 heteroatoms. The van der Waals surface area contributed by atoms with Crippen LogP contribution in [0.4, 0.5) is 0 Å². The van der Waals surface area contributed by atoms with E-state index in [2.05, 4.69) is 4.99 Å². The largest absolute Gasteiger partial charge is 0.468 e. The topological polar surface area (TPSA) is 87.0 Å². The van der Waals surface area contributed by atoms with Crippen molar-refractivity contribution in [2.45, 2.75) is 13.5 Å². The molecule has 3 rings (SSSR count). The Morgan fingerprint density at radius 3 is 2.60 bits per heavy atom. The number of aromatic nitrogens is 1. The number of rotatable bonds is 6. The molecule has 0 fully saturated rings. The van der Waals surface area contributed by atoms with E-state index >= 15 is 0 Å². The van der Waals surface area contributed by atoms with Crippen LogP contribution >= 0.6 is 11.3 Å². The van der Waals surface area contributed by atoms with Crippen LogP contribution in [0.25, 0.3) is 16.3 Å². The van der Waals surface area contributed by atoms with Crippen LogP contribution in [-0.4, -0.2) is 36.1 Å². The molecule has 0 saturated carbocycles. The van der Waals surface area contributed by atoms with Gasteiger partial charge in [-0.2, -0.15) is 4.99 Å². The number of fused-ring (bicyclic) bond motifs is 1. The highest BCUT2D eigenvalue weighted by Gasteiger charge is 2.14. The van der Waals surface area contributed by atoms with Crippen molar-refractivity contribution in [1.29, 1.82) is 0 Å². The summed E-state index contributed by atoms with van der Waals surface area (Å²) >= 11 is 1.20. The van der Waals surface area contributed by atoms with E-state index in [4.69, 9.17) is 9.47 Å². The normalized spacial score (nSPS) is 11.7. The lowest BCUT2D eigenvalue weighted by molar-refractivity contribution is -0.141. The van der Waals surface area contributed by atoms with Crippen molar-refractivity contribution >= 4 is 45.5 Å². The maximum absolute atomic E-state index is 12.4. The molecule has 0 bridgehead atoms. The van der Waals surface area contributed by atoms with Gasteiger partial charge in [-0.05, 0) is 36.8 Å². The summed E-state index contributed by atoms with van der Waals surface area (Å²) < 4.78 is 12.1. The van der Waals surface area contributed by atoms with E-state index in [0.29, 0.717) is 20.6 Å². The summed E-state index contributed by atoms with van der Waals surface area (Å²) in [6.07, 6.45) is 3.04. The monoisotopic (exact) mass is 424 g/mol. The number of ether oxygens (including phenoxy) is 2. The Hall–Kier alpha value is -3.52. The number of thiazole rings is 1. The number of hydrogen-bond donors (Lipinski definition) is 0. The van der Waals surface area contributed by atoms with E-state index < -0.39 is 17.8 Å². The van der Waals surface area contributed by atoms with Gasteiger partial charge in [-0.15, -0.1) is 0 Å². The highest BCUT2D eigenvalue weighted by molar-refractivity contribution is 7.16. The molecule has 154 valence electrons. The van der Waals surface area contributed by atoms with Crippen molar-refractivity contribution in [2.75, 3.05) is 13.7 Å². The average Bonchev–Trinajstić information content (AvgIpc) is 3.09. The summed E-state index contributed by atoms with van der Waals surface area (Å²) in [4.78, 5) is 40.7. The van der Waals surface area contributed by atoms with Crippen LogP contribution in [0.1, 0.15) is 22.8 Å².